The van der Waals surface area contributed by atoms with E-state index in [0.29, 0.717) is 5.57 Å². The molecule has 0 radical (unpaired) electrons. The first kappa shape index (κ1) is 15.3. The molecule has 0 heterocycles. The SMILES string of the molecule is C=C(C)C(=O)NCCC(C(C)C)C1CCCCC1. The van der Waals surface area contributed by atoms with Crippen molar-refractivity contribution in [1.82, 2.24) is 5.32 Å². The molecule has 0 saturated heterocycles. The quantitative estimate of drug-likeness (QED) is 0.712. The lowest BCUT2D eigenvalue weighted by Crippen LogP contribution is -2.30. The van der Waals surface area contributed by atoms with Crippen LogP contribution in [-0.2, 0) is 4.79 Å². The van der Waals surface area contributed by atoms with E-state index in [1.54, 1.807) is 6.92 Å². The largest absolute Gasteiger partial charge is 0.352 e. The Hall–Kier alpha value is -0.790. The lowest BCUT2D eigenvalue weighted by Gasteiger charge is -2.33. The summed E-state index contributed by atoms with van der Waals surface area (Å²) >= 11 is 0. The summed E-state index contributed by atoms with van der Waals surface area (Å²) in [5, 5.41) is 2.97. The van der Waals surface area contributed by atoms with Crippen molar-refractivity contribution in [3.63, 3.8) is 0 Å². The summed E-state index contributed by atoms with van der Waals surface area (Å²) in [4.78, 5) is 11.5. The summed E-state index contributed by atoms with van der Waals surface area (Å²) in [5.74, 6) is 2.35. The van der Waals surface area contributed by atoms with Crippen LogP contribution in [0.15, 0.2) is 12.2 Å². The van der Waals surface area contributed by atoms with Crippen molar-refractivity contribution in [2.45, 2.75) is 59.3 Å². The lowest BCUT2D eigenvalue weighted by atomic mass is 9.73. The van der Waals surface area contributed by atoms with Crippen LogP contribution < -0.4 is 5.32 Å². The Labute approximate surface area is 112 Å². The van der Waals surface area contributed by atoms with Crippen LogP contribution in [0.1, 0.15) is 59.3 Å². The van der Waals surface area contributed by atoms with Gasteiger partial charge in [0.25, 0.3) is 0 Å². The lowest BCUT2D eigenvalue weighted by molar-refractivity contribution is -0.117. The summed E-state index contributed by atoms with van der Waals surface area (Å²) in [6, 6.07) is 0. The summed E-state index contributed by atoms with van der Waals surface area (Å²) in [5.41, 5.74) is 0.605. The Morgan fingerprint density at radius 1 is 1.28 bits per heavy atom. The Kier molecular flexibility index (Phi) is 6.45. The number of carbonyl (C=O) groups excluding carboxylic acids is 1. The topological polar surface area (TPSA) is 29.1 Å². The third kappa shape index (κ3) is 4.83. The molecule has 0 aliphatic heterocycles. The van der Waals surface area contributed by atoms with Crippen molar-refractivity contribution >= 4 is 5.91 Å². The molecular formula is C16H29NO. The van der Waals surface area contributed by atoms with Crippen LogP contribution >= 0.6 is 0 Å². The molecule has 1 aliphatic rings. The van der Waals surface area contributed by atoms with Gasteiger partial charge in [0, 0.05) is 12.1 Å². The van der Waals surface area contributed by atoms with E-state index in [9.17, 15) is 4.79 Å². The second kappa shape index (κ2) is 7.60. The zero-order chi connectivity index (χ0) is 13.5. The standard InChI is InChI=1S/C16H29NO/c1-12(2)15(14-8-6-5-7-9-14)10-11-17-16(18)13(3)4/h12,14-15H,3,5-11H2,1-2,4H3,(H,17,18). The summed E-state index contributed by atoms with van der Waals surface area (Å²) in [6.45, 7) is 10.9. The molecule has 0 aromatic carbocycles. The monoisotopic (exact) mass is 251 g/mol. The van der Waals surface area contributed by atoms with Gasteiger partial charge in [-0.3, -0.25) is 4.79 Å². The molecule has 1 unspecified atom stereocenters. The molecule has 2 heteroatoms. The second-order valence-electron chi connectivity index (χ2n) is 6.13. The Bertz CT molecular complexity index is 277. The molecule has 1 atom stereocenters. The van der Waals surface area contributed by atoms with Crippen LogP contribution in [0.3, 0.4) is 0 Å². The molecular weight excluding hydrogens is 222 g/mol. The van der Waals surface area contributed by atoms with E-state index in [4.69, 9.17) is 0 Å². The normalized spacial score (nSPS) is 18.7. The Balaban J connectivity index is 2.38. The molecule has 1 N–H and O–H groups in total. The van der Waals surface area contributed by atoms with E-state index in [1.165, 1.54) is 32.1 Å². The number of carbonyl (C=O) groups is 1. The van der Waals surface area contributed by atoms with Gasteiger partial charge < -0.3 is 5.32 Å². The van der Waals surface area contributed by atoms with Crippen LogP contribution in [0, 0.1) is 17.8 Å². The fourth-order valence-electron chi connectivity index (χ4n) is 3.18. The number of hydrogen-bond acceptors (Lipinski definition) is 1. The molecule has 1 rings (SSSR count). The first-order valence-corrected chi connectivity index (χ1v) is 7.46. The van der Waals surface area contributed by atoms with Gasteiger partial charge in [0.05, 0.1) is 0 Å². The number of nitrogens with one attached hydrogen (secondary N) is 1. The molecule has 2 nitrogen and oxygen atoms in total. The molecule has 104 valence electrons. The molecule has 0 aromatic heterocycles. The predicted molar refractivity (Wildman–Crippen MR) is 77.3 cm³/mol. The molecule has 1 aliphatic carbocycles. The van der Waals surface area contributed by atoms with Crippen molar-refractivity contribution in [2.75, 3.05) is 6.54 Å². The third-order valence-electron chi connectivity index (χ3n) is 4.26. The summed E-state index contributed by atoms with van der Waals surface area (Å²) < 4.78 is 0. The molecule has 1 amide bonds. The molecule has 1 fully saturated rings. The smallest absolute Gasteiger partial charge is 0.246 e. The summed E-state index contributed by atoms with van der Waals surface area (Å²) in [6.07, 6.45) is 8.08. The minimum absolute atomic E-state index is 0.00107. The van der Waals surface area contributed by atoms with Gasteiger partial charge in [0.15, 0.2) is 0 Å². The van der Waals surface area contributed by atoms with Crippen LogP contribution in [0.2, 0.25) is 0 Å². The van der Waals surface area contributed by atoms with E-state index >= 15 is 0 Å². The van der Waals surface area contributed by atoms with E-state index < -0.39 is 0 Å². The van der Waals surface area contributed by atoms with Crippen LogP contribution in [0.5, 0.6) is 0 Å². The van der Waals surface area contributed by atoms with Crippen molar-refractivity contribution in [2.24, 2.45) is 17.8 Å². The zero-order valence-corrected chi connectivity index (χ0v) is 12.3. The van der Waals surface area contributed by atoms with Gasteiger partial charge in [-0.05, 0) is 31.1 Å². The van der Waals surface area contributed by atoms with Crippen molar-refractivity contribution in [1.29, 1.82) is 0 Å². The summed E-state index contributed by atoms with van der Waals surface area (Å²) in [7, 11) is 0. The molecule has 0 aromatic rings. The maximum Gasteiger partial charge on any atom is 0.246 e. The minimum atomic E-state index is 0.00107. The third-order valence-corrected chi connectivity index (χ3v) is 4.26. The fourth-order valence-corrected chi connectivity index (χ4v) is 3.18. The highest BCUT2D eigenvalue weighted by Gasteiger charge is 2.25. The van der Waals surface area contributed by atoms with Gasteiger partial charge in [-0.1, -0.05) is 52.5 Å². The number of hydrogen-bond donors (Lipinski definition) is 1. The van der Waals surface area contributed by atoms with Crippen LogP contribution in [-0.4, -0.2) is 12.5 Å². The number of amides is 1. The second-order valence-corrected chi connectivity index (χ2v) is 6.13. The van der Waals surface area contributed by atoms with Crippen molar-refractivity contribution in [3.05, 3.63) is 12.2 Å². The predicted octanol–water partition coefficient (Wildman–Crippen LogP) is 3.92. The van der Waals surface area contributed by atoms with Crippen molar-refractivity contribution < 1.29 is 4.79 Å². The fraction of sp³-hybridized carbons (Fsp3) is 0.812. The van der Waals surface area contributed by atoms with Crippen molar-refractivity contribution in [3.8, 4) is 0 Å². The van der Waals surface area contributed by atoms with Gasteiger partial charge in [-0.15, -0.1) is 0 Å². The van der Waals surface area contributed by atoms with E-state index in [-0.39, 0.29) is 5.91 Å². The zero-order valence-electron chi connectivity index (χ0n) is 12.3. The van der Waals surface area contributed by atoms with E-state index in [0.717, 1.165) is 30.7 Å². The number of rotatable bonds is 6. The molecule has 0 spiro atoms. The maximum atomic E-state index is 11.5. The highest BCUT2D eigenvalue weighted by atomic mass is 16.1. The average Bonchev–Trinajstić information content (AvgIpc) is 2.34. The van der Waals surface area contributed by atoms with Gasteiger partial charge in [-0.2, -0.15) is 0 Å². The Morgan fingerprint density at radius 2 is 1.89 bits per heavy atom. The maximum absolute atomic E-state index is 11.5. The van der Waals surface area contributed by atoms with Gasteiger partial charge in [0.1, 0.15) is 0 Å². The van der Waals surface area contributed by atoms with Gasteiger partial charge in [-0.25, -0.2) is 0 Å². The molecule has 18 heavy (non-hydrogen) atoms. The first-order valence-electron chi connectivity index (χ1n) is 7.46. The van der Waals surface area contributed by atoms with Gasteiger partial charge >= 0.3 is 0 Å². The Morgan fingerprint density at radius 3 is 2.39 bits per heavy atom. The molecule has 1 saturated carbocycles. The first-order chi connectivity index (χ1) is 8.52. The average molecular weight is 251 g/mol. The van der Waals surface area contributed by atoms with Gasteiger partial charge in [0.2, 0.25) is 5.91 Å². The highest BCUT2D eigenvalue weighted by Crippen LogP contribution is 2.35. The highest BCUT2D eigenvalue weighted by molar-refractivity contribution is 5.91. The minimum Gasteiger partial charge on any atom is -0.352 e. The molecule has 0 bridgehead atoms. The van der Waals surface area contributed by atoms with Crippen LogP contribution in [0.25, 0.3) is 0 Å². The van der Waals surface area contributed by atoms with E-state index in [2.05, 4.69) is 25.7 Å². The van der Waals surface area contributed by atoms with E-state index in [1.807, 2.05) is 0 Å². The van der Waals surface area contributed by atoms with Crippen LogP contribution in [0.4, 0.5) is 0 Å².